The van der Waals surface area contributed by atoms with Gasteiger partial charge in [0.15, 0.2) is 0 Å². The fourth-order valence-corrected chi connectivity index (χ4v) is 4.72. The number of ether oxygens (including phenoxy) is 1. The number of carbonyl (C=O) groups is 1. The van der Waals surface area contributed by atoms with E-state index >= 15 is 0 Å². The van der Waals surface area contributed by atoms with Crippen LogP contribution in [-0.4, -0.2) is 54.3 Å². The second-order valence-corrected chi connectivity index (χ2v) is 8.23. The molecule has 0 bridgehead atoms. The van der Waals surface area contributed by atoms with Crippen molar-refractivity contribution in [1.82, 2.24) is 14.9 Å². The fourth-order valence-electron chi connectivity index (χ4n) is 4.72. The first-order chi connectivity index (χ1) is 15.7. The number of allylic oxidation sites excluding steroid dienone is 1. The largest absolute Gasteiger partial charge is 0.404 e. The predicted octanol–water partition coefficient (Wildman–Crippen LogP) is 2.91. The van der Waals surface area contributed by atoms with E-state index in [1.807, 2.05) is 4.90 Å². The molecule has 168 valence electrons. The summed E-state index contributed by atoms with van der Waals surface area (Å²) in [7, 11) is 1.67. The van der Waals surface area contributed by atoms with Crippen molar-refractivity contribution >= 4 is 24.0 Å². The molecule has 2 saturated heterocycles. The minimum atomic E-state index is 0.0817. The van der Waals surface area contributed by atoms with Crippen LogP contribution in [0.25, 0.3) is 16.8 Å². The number of hydrogen-bond acceptors (Lipinski definition) is 7. The third kappa shape index (κ3) is 4.36. The highest BCUT2D eigenvalue weighted by Gasteiger charge is 2.30. The monoisotopic (exact) mass is 434 g/mol. The van der Waals surface area contributed by atoms with Crippen molar-refractivity contribution in [3.8, 4) is 11.3 Å². The molecule has 2 aliphatic rings. The van der Waals surface area contributed by atoms with Gasteiger partial charge in [-0.3, -0.25) is 9.79 Å². The van der Waals surface area contributed by atoms with Gasteiger partial charge in [0, 0.05) is 50.4 Å². The molecular formula is C24H30N6O2. The third-order valence-corrected chi connectivity index (χ3v) is 6.35. The number of aliphatic imine (C=N–C) groups is 1. The molecule has 1 atom stereocenters. The molecule has 0 aliphatic carbocycles. The molecule has 0 saturated carbocycles. The van der Waals surface area contributed by atoms with Gasteiger partial charge < -0.3 is 21.1 Å². The zero-order chi connectivity index (χ0) is 22.5. The third-order valence-electron chi connectivity index (χ3n) is 6.35. The molecule has 1 amide bonds. The summed E-state index contributed by atoms with van der Waals surface area (Å²) < 4.78 is 5.58. The number of benzene rings is 1. The summed E-state index contributed by atoms with van der Waals surface area (Å²) >= 11 is 0. The number of nitrogens with two attached hydrogens (primary N) is 2. The second-order valence-electron chi connectivity index (χ2n) is 8.23. The molecule has 0 radical (unpaired) electrons. The maximum Gasteiger partial charge on any atom is 0.210 e. The fraction of sp³-hybridized carbons (Fsp3) is 0.417. The molecule has 3 heterocycles. The average molecular weight is 435 g/mol. The first kappa shape index (κ1) is 22.0. The maximum absolute atomic E-state index is 11.7. The highest BCUT2D eigenvalue weighted by Crippen LogP contribution is 2.40. The zero-order valence-corrected chi connectivity index (χ0v) is 18.4. The van der Waals surface area contributed by atoms with Gasteiger partial charge in [-0.05, 0) is 48.8 Å². The second kappa shape index (κ2) is 9.91. The quantitative estimate of drug-likeness (QED) is 0.533. The lowest BCUT2D eigenvalue weighted by molar-refractivity contribution is -0.118. The number of nitrogens with zero attached hydrogens (tertiary/aromatic N) is 4. The lowest BCUT2D eigenvalue weighted by Gasteiger charge is -2.29. The van der Waals surface area contributed by atoms with E-state index in [-0.39, 0.29) is 6.04 Å². The summed E-state index contributed by atoms with van der Waals surface area (Å²) in [6, 6.07) is 6.52. The smallest absolute Gasteiger partial charge is 0.210 e. The van der Waals surface area contributed by atoms with Crippen LogP contribution in [0.1, 0.15) is 54.5 Å². The Morgan fingerprint density at radius 1 is 1.25 bits per heavy atom. The minimum absolute atomic E-state index is 0.0817. The number of nitrogen functional groups attached to an aromatic ring is 1. The van der Waals surface area contributed by atoms with Gasteiger partial charge in [-0.1, -0.05) is 12.1 Å². The highest BCUT2D eigenvalue weighted by atomic mass is 16.5. The minimum Gasteiger partial charge on any atom is -0.404 e. The van der Waals surface area contributed by atoms with Gasteiger partial charge in [-0.2, -0.15) is 0 Å². The van der Waals surface area contributed by atoms with E-state index < -0.39 is 0 Å². The lowest BCUT2D eigenvalue weighted by atomic mass is 9.84. The number of amides is 1. The van der Waals surface area contributed by atoms with E-state index in [1.165, 1.54) is 17.3 Å². The van der Waals surface area contributed by atoms with Crippen LogP contribution in [0.2, 0.25) is 0 Å². The van der Waals surface area contributed by atoms with Crippen molar-refractivity contribution in [1.29, 1.82) is 0 Å². The van der Waals surface area contributed by atoms with Crippen LogP contribution in [0.4, 0.5) is 5.82 Å². The molecule has 32 heavy (non-hydrogen) atoms. The Kier molecular flexibility index (Phi) is 6.80. The normalized spacial score (nSPS) is 20.2. The van der Waals surface area contributed by atoms with Crippen LogP contribution in [-0.2, 0) is 9.53 Å². The molecule has 1 aromatic heterocycles. The highest BCUT2D eigenvalue weighted by molar-refractivity contribution is 6.10. The lowest BCUT2D eigenvalue weighted by Crippen LogP contribution is -2.24. The van der Waals surface area contributed by atoms with E-state index in [0.29, 0.717) is 28.7 Å². The Labute approximate surface area is 188 Å². The molecule has 2 aromatic rings. The Hall–Kier alpha value is -3.26. The molecule has 0 spiro atoms. The zero-order valence-electron chi connectivity index (χ0n) is 18.4. The first-order valence-corrected chi connectivity index (χ1v) is 11.1. The molecule has 2 fully saturated rings. The van der Waals surface area contributed by atoms with E-state index in [4.69, 9.17) is 21.2 Å². The Bertz CT molecular complexity index is 1030. The molecular weight excluding hydrogens is 404 g/mol. The molecule has 2 aliphatic heterocycles. The van der Waals surface area contributed by atoms with Gasteiger partial charge in [-0.25, -0.2) is 9.97 Å². The molecule has 8 heteroatoms. The van der Waals surface area contributed by atoms with Crippen LogP contribution >= 0.6 is 0 Å². The van der Waals surface area contributed by atoms with Gasteiger partial charge in [0.2, 0.25) is 6.41 Å². The Morgan fingerprint density at radius 3 is 2.78 bits per heavy atom. The SMILES string of the molecule is CN=C/C(=C\N)c1nc(-c2ccc(C3CCOCC3)c(C3CCCN3C=O)c2)cnc1N. The molecule has 8 nitrogen and oxygen atoms in total. The molecule has 1 aromatic carbocycles. The number of aromatic nitrogens is 2. The van der Waals surface area contributed by atoms with E-state index in [0.717, 1.165) is 57.4 Å². The summed E-state index contributed by atoms with van der Waals surface area (Å²) in [6.07, 6.45) is 9.65. The van der Waals surface area contributed by atoms with Crippen LogP contribution in [0.5, 0.6) is 0 Å². The maximum atomic E-state index is 11.7. The number of likely N-dealkylation sites (tertiary alicyclic amines) is 1. The van der Waals surface area contributed by atoms with Crippen LogP contribution in [0.3, 0.4) is 0 Å². The van der Waals surface area contributed by atoms with Crippen molar-refractivity contribution in [2.45, 2.75) is 37.6 Å². The van der Waals surface area contributed by atoms with Crippen LogP contribution in [0.15, 0.2) is 35.6 Å². The standard InChI is InChI=1S/C24H30N6O2/c1-27-13-18(12-25)23-24(26)28-14-21(29-23)17-4-5-19(16-6-9-32-10-7-16)20(11-17)22-3-2-8-30(22)15-31/h4-5,11-16,22H,2-3,6-10,25H2,1H3,(H2,26,28)/b18-12+,27-13?. The number of hydrogen-bond donors (Lipinski definition) is 2. The van der Waals surface area contributed by atoms with Gasteiger partial charge >= 0.3 is 0 Å². The molecule has 4 N–H and O–H groups in total. The average Bonchev–Trinajstić information content (AvgIpc) is 3.32. The van der Waals surface area contributed by atoms with Gasteiger partial charge in [0.05, 0.1) is 17.9 Å². The Balaban J connectivity index is 1.79. The summed E-state index contributed by atoms with van der Waals surface area (Å²) in [5, 5.41) is 0. The topological polar surface area (TPSA) is 120 Å². The van der Waals surface area contributed by atoms with Crippen LogP contribution in [0, 0.1) is 0 Å². The summed E-state index contributed by atoms with van der Waals surface area (Å²) in [6.45, 7) is 2.33. The Morgan fingerprint density at radius 2 is 2.06 bits per heavy atom. The van der Waals surface area contributed by atoms with Crippen molar-refractivity contribution in [2.75, 3.05) is 32.5 Å². The van der Waals surface area contributed by atoms with E-state index in [2.05, 4.69) is 28.2 Å². The summed E-state index contributed by atoms with van der Waals surface area (Å²) in [5.74, 6) is 0.731. The van der Waals surface area contributed by atoms with Crippen LogP contribution < -0.4 is 11.5 Å². The first-order valence-electron chi connectivity index (χ1n) is 11.1. The van der Waals surface area contributed by atoms with Gasteiger partial charge in [-0.15, -0.1) is 0 Å². The van der Waals surface area contributed by atoms with Gasteiger partial charge in [0.1, 0.15) is 11.5 Å². The number of carbonyl (C=O) groups excluding carboxylic acids is 1. The van der Waals surface area contributed by atoms with Crippen molar-refractivity contribution < 1.29 is 9.53 Å². The summed E-state index contributed by atoms with van der Waals surface area (Å²) in [5.41, 5.74) is 17.1. The van der Waals surface area contributed by atoms with Crippen molar-refractivity contribution in [3.63, 3.8) is 0 Å². The van der Waals surface area contributed by atoms with Crippen molar-refractivity contribution in [3.05, 3.63) is 47.4 Å². The predicted molar refractivity (Wildman–Crippen MR) is 126 cm³/mol. The molecule has 1 unspecified atom stereocenters. The van der Waals surface area contributed by atoms with Gasteiger partial charge in [0.25, 0.3) is 0 Å². The van der Waals surface area contributed by atoms with E-state index in [9.17, 15) is 4.79 Å². The number of anilines is 1. The van der Waals surface area contributed by atoms with Crippen molar-refractivity contribution in [2.24, 2.45) is 10.7 Å². The number of rotatable bonds is 6. The molecule has 4 rings (SSSR count). The van der Waals surface area contributed by atoms with E-state index in [1.54, 1.807) is 19.5 Å². The summed E-state index contributed by atoms with van der Waals surface area (Å²) in [4.78, 5) is 26.8.